The van der Waals surface area contributed by atoms with Gasteiger partial charge in [0.25, 0.3) is 0 Å². The van der Waals surface area contributed by atoms with Gasteiger partial charge in [0.05, 0.1) is 0 Å². The Hall–Kier alpha value is -0.310. The molecule has 1 fully saturated rings. The molecule has 14 heavy (non-hydrogen) atoms. The second-order valence-electron chi connectivity index (χ2n) is 3.89. The molecular formula is C13H15I. The molecule has 0 spiro atoms. The van der Waals surface area contributed by atoms with E-state index in [0.29, 0.717) is 0 Å². The Labute approximate surface area is 99.6 Å². The largest absolute Gasteiger partial charge is 0.0826 e. The van der Waals surface area contributed by atoms with Crippen molar-refractivity contribution in [1.29, 1.82) is 0 Å². The van der Waals surface area contributed by atoms with Crippen LogP contribution in [0.3, 0.4) is 0 Å². The molecule has 0 bridgehead atoms. The van der Waals surface area contributed by atoms with Gasteiger partial charge in [0.15, 0.2) is 0 Å². The minimum atomic E-state index is 0.903. The maximum Gasteiger partial charge on any atom is 0.0116 e. The van der Waals surface area contributed by atoms with Gasteiger partial charge < -0.3 is 0 Å². The topological polar surface area (TPSA) is 0 Å². The monoisotopic (exact) mass is 298 g/mol. The van der Waals surface area contributed by atoms with Crippen LogP contribution in [0.1, 0.15) is 31.2 Å². The lowest BCUT2D eigenvalue weighted by atomic mass is 9.93. The molecule has 0 radical (unpaired) electrons. The van der Waals surface area contributed by atoms with E-state index in [-0.39, 0.29) is 0 Å². The highest BCUT2D eigenvalue weighted by molar-refractivity contribution is 14.1. The van der Waals surface area contributed by atoms with E-state index in [0.717, 1.165) is 3.92 Å². The Kier molecular flexibility index (Phi) is 3.62. The number of benzene rings is 1. The molecule has 74 valence electrons. The van der Waals surface area contributed by atoms with E-state index in [4.69, 9.17) is 0 Å². The summed E-state index contributed by atoms with van der Waals surface area (Å²) in [6, 6.07) is 10.7. The smallest absolute Gasteiger partial charge is 0.0116 e. The molecule has 0 unspecified atom stereocenters. The first kappa shape index (κ1) is 10.2. The summed E-state index contributed by atoms with van der Waals surface area (Å²) in [6.45, 7) is 0. The molecular weight excluding hydrogens is 283 g/mol. The molecule has 1 heteroatoms. The highest BCUT2D eigenvalue weighted by Crippen LogP contribution is 2.29. The van der Waals surface area contributed by atoms with E-state index in [9.17, 15) is 0 Å². The molecule has 1 aromatic rings. The van der Waals surface area contributed by atoms with Crippen LogP contribution in [0.25, 0.3) is 6.08 Å². The normalized spacial score (nSPS) is 22.1. The quantitative estimate of drug-likeness (QED) is 0.531. The highest BCUT2D eigenvalue weighted by Gasteiger charge is 2.12. The third kappa shape index (κ3) is 2.84. The summed E-state index contributed by atoms with van der Waals surface area (Å²) in [5.74, 6) is 0. The molecule has 1 aliphatic carbocycles. The predicted octanol–water partition coefficient (Wildman–Crippen LogP) is 4.45. The number of rotatable bonds is 1. The summed E-state index contributed by atoms with van der Waals surface area (Å²) in [5, 5.41) is 0. The van der Waals surface area contributed by atoms with Gasteiger partial charge in [-0.05, 0) is 31.2 Å². The molecule has 0 nitrogen and oxygen atoms in total. The van der Waals surface area contributed by atoms with E-state index in [1.165, 1.54) is 31.2 Å². The minimum Gasteiger partial charge on any atom is -0.0826 e. The lowest BCUT2D eigenvalue weighted by Crippen LogP contribution is -2.05. The van der Waals surface area contributed by atoms with Gasteiger partial charge in [0.2, 0.25) is 0 Å². The molecule has 0 atom stereocenters. The average Bonchev–Trinajstić information content (AvgIpc) is 2.23. The first-order valence-electron chi connectivity index (χ1n) is 5.23. The van der Waals surface area contributed by atoms with E-state index in [1.807, 2.05) is 0 Å². The summed E-state index contributed by atoms with van der Waals surface area (Å²) >= 11 is 2.57. The molecule has 1 saturated carbocycles. The third-order valence-corrected chi connectivity index (χ3v) is 3.97. The summed E-state index contributed by atoms with van der Waals surface area (Å²) in [6.07, 6.45) is 7.67. The molecule has 0 heterocycles. The highest BCUT2D eigenvalue weighted by atomic mass is 127. The van der Waals surface area contributed by atoms with Crippen molar-refractivity contribution in [2.75, 3.05) is 0 Å². The van der Waals surface area contributed by atoms with Crippen molar-refractivity contribution in [3.8, 4) is 0 Å². The number of hydrogen-bond donors (Lipinski definition) is 0. The Morgan fingerprint density at radius 1 is 1.07 bits per heavy atom. The van der Waals surface area contributed by atoms with E-state index in [1.54, 1.807) is 5.57 Å². The fraction of sp³-hybridized carbons (Fsp3) is 0.385. The van der Waals surface area contributed by atoms with Crippen molar-refractivity contribution in [2.45, 2.75) is 29.6 Å². The molecule has 0 saturated heterocycles. The van der Waals surface area contributed by atoms with Crippen molar-refractivity contribution >= 4 is 28.7 Å². The summed E-state index contributed by atoms with van der Waals surface area (Å²) < 4.78 is 0.903. The van der Waals surface area contributed by atoms with Crippen LogP contribution in [0.2, 0.25) is 0 Å². The van der Waals surface area contributed by atoms with Gasteiger partial charge in [-0.3, -0.25) is 0 Å². The van der Waals surface area contributed by atoms with Gasteiger partial charge in [-0.2, -0.15) is 0 Å². The standard InChI is InChI=1S/C13H15I/c14-13-8-6-12(7-9-13)10-11-4-2-1-3-5-11/h1-5,10,13H,6-9H2. The van der Waals surface area contributed by atoms with Gasteiger partial charge in [0.1, 0.15) is 0 Å². The maximum absolute atomic E-state index is 2.57. The van der Waals surface area contributed by atoms with E-state index in [2.05, 4.69) is 59.0 Å². The SMILES string of the molecule is IC1CCC(=Cc2ccccc2)CC1. The first-order valence-corrected chi connectivity index (χ1v) is 6.48. The number of halogens is 1. The van der Waals surface area contributed by atoms with Crippen LogP contribution in [0, 0.1) is 0 Å². The predicted molar refractivity (Wildman–Crippen MR) is 70.7 cm³/mol. The fourth-order valence-corrected chi connectivity index (χ4v) is 2.51. The maximum atomic E-state index is 2.57. The van der Waals surface area contributed by atoms with E-state index >= 15 is 0 Å². The second-order valence-corrected chi connectivity index (χ2v) is 5.65. The summed E-state index contributed by atoms with van der Waals surface area (Å²) in [5.41, 5.74) is 2.98. The molecule has 0 aromatic heterocycles. The van der Waals surface area contributed by atoms with Crippen LogP contribution in [-0.4, -0.2) is 3.92 Å². The van der Waals surface area contributed by atoms with Crippen LogP contribution in [0.15, 0.2) is 35.9 Å². The minimum absolute atomic E-state index is 0.903. The van der Waals surface area contributed by atoms with Gasteiger partial charge in [-0.25, -0.2) is 0 Å². The zero-order chi connectivity index (χ0) is 9.80. The molecule has 0 aliphatic heterocycles. The van der Waals surface area contributed by atoms with E-state index < -0.39 is 0 Å². The Morgan fingerprint density at radius 3 is 2.36 bits per heavy atom. The Balaban J connectivity index is 2.05. The lowest BCUT2D eigenvalue weighted by molar-refractivity contribution is 0.635. The van der Waals surface area contributed by atoms with Crippen molar-refractivity contribution < 1.29 is 0 Å². The molecule has 0 amide bonds. The van der Waals surface area contributed by atoms with Crippen LogP contribution >= 0.6 is 22.6 Å². The van der Waals surface area contributed by atoms with Crippen LogP contribution in [0.5, 0.6) is 0 Å². The molecule has 1 aromatic carbocycles. The Morgan fingerprint density at radius 2 is 1.71 bits per heavy atom. The lowest BCUT2D eigenvalue weighted by Gasteiger charge is -2.18. The third-order valence-electron chi connectivity index (χ3n) is 2.73. The summed E-state index contributed by atoms with van der Waals surface area (Å²) in [7, 11) is 0. The van der Waals surface area contributed by atoms with Crippen molar-refractivity contribution in [3.63, 3.8) is 0 Å². The van der Waals surface area contributed by atoms with Crippen molar-refractivity contribution in [1.82, 2.24) is 0 Å². The first-order chi connectivity index (χ1) is 6.84. The molecule has 0 N–H and O–H groups in total. The van der Waals surface area contributed by atoms with Crippen LogP contribution in [-0.2, 0) is 0 Å². The molecule has 2 rings (SSSR count). The van der Waals surface area contributed by atoms with Gasteiger partial charge in [-0.15, -0.1) is 0 Å². The van der Waals surface area contributed by atoms with Gasteiger partial charge >= 0.3 is 0 Å². The van der Waals surface area contributed by atoms with Gasteiger partial charge in [-0.1, -0.05) is 64.6 Å². The van der Waals surface area contributed by atoms with Crippen molar-refractivity contribution in [3.05, 3.63) is 41.5 Å². The zero-order valence-corrected chi connectivity index (χ0v) is 10.4. The number of alkyl halides is 1. The van der Waals surface area contributed by atoms with Crippen molar-refractivity contribution in [2.24, 2.45) is 0 Å². The van der Waals surface area contributed by atoms with Crippen LogP contribution < -0.4 is 0 Å². The Bertz CT molecular complexity index is 303. The second kappa shape index (κ2) is 4.96. The number of hydrogen-bond acceptors (Lipinski definition) is 0. The number of allylic oxidation sites excluding steroid dienone is 1. The summed E-state index contributed by atoms with van der Waals surface area (Å²) in [4.78, 5) is 0. The molecule has 1 aliphatic rings. The van der Waals surface area contributed by atoms with Crippen LogP contribution in [0.4, 0.5) is 0 Å². The fourth-order valence-electron chi connectivity index (χ4n) is 1.88. The van der Waals surface area contributed by atoms with Gasteiger partial charge in [0, 0.05) is 3.92 Å². The zero-order valence-electron chi connectivity index (χ0n) is 8.25. The average molecular weight is 298 g/mol.